The van der Waals surface area contributed by atoms with Crippen LogP contribution in [0.1, 0.15) is 26.5 Å². The summed E-state index contributed by atoms with van der Waals surface area (Å²) in [7, 11) is 0. The number of aromatic nitrogens is 4. The second-order valence-corrected chi connectivity index (χ2v) is 6.93. The lowest BCUT2D eigenvalue weighted by Gasteiger charge is -2.36. The average Bonchev–Trinajstić information content (AvgIpc) is 3.00. The number of piperazine rings is 1. The zero-order chi connectivity index (χ0) is 17.3. The van der Waals surface area contributed by atoms with Crippen molar-refractivity contribution in [3.05, 3.63) is 18.1 Å². The highest BCUT2D eigenvalue weighted by Crippen LogP contribution is 2.20. The Hall–Kier alpha value is -2.09. The van der Waals surface area contributed by atoms with Crippen molar-refractivity contribution in [3.63, 3.8) is 0 Å². The molecule has 1 aliphatic rings. The summed E-state index contributed by atoms with van der Waals surface area (Å²) in [5.41, 5.74) is 0.267. The molecule has 1 fully saturated rings. The van der Waals surface area contributed by atoms with Crippen LogP contribution in [0.25, 0.3) is 5.78 Å². The van der Waals surface area contributed by atoms with E-state index < -0.39 is 5.60 Å². The number of ether oxygens (including phenoxy) is 1. The van der Waals surface area contributed by atoms with Gasteiger partial charge in [-0.05, 0) is 20.8 Å². The van der Waals surface area contributed by atoms with Crippen LogP contribution in [0.4, 0.5) is 10.6 Å². The van der Waals surface area contributed by atoms with Crippen molar-refractivity contribution in [2.45, 2.75) is 32.3 Å². The minimum Gasteiger partial charge on any atom is -0.444 e. The average molecular weight is 353 g/mol. The van der Waals surface area contributed by atoms with Crippen LogP contribution in [-0.2, 0) is 10.6 Å². The maximum atomic E-state index is 12.2. The standard InChI is InChI=1S/C15H21ClN6O2/c1-15(2,3)24-14(23)21-6-4-20(5-7-21)12-8-11(9-16)19-13-17-10-18-22(12)13/h8,10H,4-7,9H2,1-3H3. The molecule has 0 spiro atoms. The molecular weight excluding hydrogens is 332 g/mol. The summed E-state index contributed by atoms with van der Waals surface area (Å²) in [6.07, 6.45) is 1.20. The molecule has 0 atom stereocenters. The Morgan fingerprint density at radius 2 is 2.00 bits per heavy atom. The Labute approximate surface area is 145 Å². The number of anilines is 1. The first-order valence-electron chi connectivity index (χ1n) is 7.86. The van der Waals surface area contributed by atoms with Crippen molar-refractivity contribution in [2.75, 3.05) is 31.1 Å². The van der Waals surface area contributed by atoms with Crippen molar-refractivity contribution in [2.24, 2.45) is 0 Å². The number of fused-ring (bicyclic) bond motifs is 1. The first kappa shape index (κ1) is 16.8. The predicted octanol–water partition coefficient (Wildman–Crippen LogP) is 1.92. The summed E-state index contributed by atoms with van der Waals surface area (Å²) in [6, 6.07) is 1.91. The second-order valence-electron chi connectivity index (χ2n) is 6.67. The van der Waals surface area contributed by atoms with Crippen molar-refractivity contribution < 1.29 is 9.53 Å². The molecule has 0 N–H and O–H groups in total. The highest BCUT2D eigenvalue weighted by Gasteiger charge is 2.27. The molecule has 3 heterocycles. The summed E-state index contributed by atoms with van der Waals surface area (Å²) in [6.45, 7) is 8.14. The molecule has 9 heteroatoms. The molecule has 0 radical (unpaired) electrons. The van der Waals surface area contributed by atoms with Gasteiger partial charge in [0.15, 0.2) is 0 Å². The molecule has 0 unspecified atom stereocenters. The fraction of sp³-hybridized carbons (Fsp3) is 0.600. The zero-order valence-corrected chi connectivity index (χ0v) is 14.8. The number of alkyl halides is 1. The van der Waals surface area contributed by atoms with Crippen molar-refractivity contribution in [1.82, 2.24) is 24.5 Å². The van der Waals surface area contributed by atoms with Crippen LogP contribution >= 0.6 is 11.6 Å². The third kappa shape index (κ3) is 3.53. The van der Waals surface area contributed by atoms with Crippen LogP contribution in [0.15, 0.2) is 12.4 Å². The van der Waals surface area contributed by atoms with Crippen LogP contribution in [0, 0.1) is 0 Å². The Balaban J connectivity index is 1.73. The molecule has 0 aliphatic carbocycles. The number of nitrogens with zero attached hydrogens (tertiary/aromatic N) is 6. The van der Waals surface area contributed by atoms with E-state index in [4.69, 9.17) is 16.3 Å². The number of hydrogen-bond donors (Lipinski definition) is 0. The lowest BCUT2D eigenvalue weighted by atomic mass is 10.2. The van der Waals surface area contributed by atoms with Crippen molar-refractivity contribution >= 4 is 29.3 Å². The molecular formula is C15H21ClN6O2. The fourth-order valence-corrected chi connectivity index (χ4v) is 2.72. The van der Waals surface area contributed by atoms with E-state index in [0.29, 0.717) is 37.8 Å². The number of rotatable bonds is 2. The summed E-state index contributed by atoms with van der Waals surface area (Å²) in [4.78, 5) is 24.5. The largest absolute Gasteiger partial charge is 0.444 e. The van der Waals surface area contributed by atoms with Gasteiger partial charge >= 0.3 is 6.09 Å². The molecule has 0 aromatic carbocycles. The van der Waals surface area contributed by atoms with E-state index in [9.17, 15) is 4.79 Å². The third-order valence-electron chi connectivity index (χ3n) is 3.68. The van der Waals surface area contributed by atoms with Gasteiger partial charge in [0.05, 0.1) is 11.6 Å². The van der Waals surface area contributed by atoms with Crippen molar-refractivity contribution in [1.29, 1.82) is 0 Å². The van der Waals surface area contributed by atoms with Gasteiger partial charge in [0.25, 0.3) is 5.78 Å². The Morgan fingerprint density at radius 3 is 2.62 bits per heavy atom. The van der Waals surface area contributed by atoms with E-state index in [1.165, 1.54) is 6.33 Å². The van der Waals surface area contributed by atoms with Crippen LogP contribution < -0.4 is 4.90 Å². The maximum Gasteiger partial charge on any atom is 0.410 e. The first-order chi connectivity index (χ1) is 11.4. The normalized spacial score (nSPS) is 15.8. The number of halogens is 1. The highest BCUT2D eigenvalue weighted by atomic mass is 35.5. The van der Waals surface area contributed by atoms with Gasteiger partial charge in [-0.1, -0.05) is 0 Å². The van der Waals surface area contributed by atoms with Gasteiger partial charge in [-0.25, -0.2) is 9.78 Å². The number of hydrogen-bond acceptors (Lipinski definition) is 6. The molecule has 2 aromatic heterocycles. The summed E-state index contributed by atoms with van der Waals surface area (Å²) in [5, 5.41) is 4.22. The van der Waals surface area contributed by atoms with E-state index in [1.807, 2.05) is 26.8 Å². The fourth-order valence-electron chi connectivity index (χ4n) is 2.58. The van der Waals surface area contributed by atoms with E-state index >= 15 is 0 Å². The highest BCUT2D eigenvalue weighted by molar-refractivity contribution is 6.16. The second kappa shape index (κ2) is 6.43. The van der Waals surface area contributed by atoms with Gasteiger partial charge < -0.3 is 14.5 Å². The maximum absolute atomic E-state index is 12.2. The van der Waals surface area contributed by atoms with Gasteiger partial charge in [-0.2, -0.15) is 14.6 Å². The summed E-state index contributed by atoms with van der Waals surface area (Å²) in [5.74, 6) is 1.73. The minimum atomic E-state index is -0.485. The molecule has 130 valence electrons. The zero-order valence-electron chi connectivity index (χ0n) is 14.1. The third-order valence-corrected chi connectivity index (χ3v) is 3.95. The smallest absolute Gasteiger partial charge is 0.410 e. The van der Waals surface area contributed by atoms with Crippen LogP contribution in [0.3, 0.4) is 0 Å². The van der Waals surface area contributed by atoms with E-state index in [0.717, 1.165) is 11.5 Å². The lowest BCUT2D eigenvalue weighted by molar-refractivity contribution is 0.0240. The monoisotopic (exact) mass is 352 g/mol. The Bertz CT molecular complexity index is 733. The minimum absolute atomic E-state index is 0.274. The summed E-state index contributed by atoms with van der Waals surface area (Å²) < 4.78 is 7.12. The molecule has 8 nitrogen and oxygen atoms in total. The molecule has 0 saturated carbocycles. The Morgan fingerprint density at radius 1 is 1.29 bits per heavy atom. The number of amides is 1. The molecule has 1 aliphatic heterocycles. The van der Waals surface area contributed by atoms with Crippen LogP contribution in [-0.4, -0.2) is 62.4 Å². The topological polar surface area (TPSA) is 75.9 Å². The molecule has 3 rings (SSSR count). The lowest BCUT2D eigenvalue weighted by Crippen LogP contribution is -2.50. The Kier molecular flexibility index (Phi) is 4.49. The van der Waals surface area contributed by atoms with E-state index in [-0.39, 0.29) is 6.09 Å². The van der Waals surface area contributed by atoms with E-state index in [2.05, 4.69) is 20.0 Å². The van der Waals surface area contributed by atoms with Gasteiger partial charge in [0.2, 0.25) is 0 Å². The summed E-state index contributed by atoms with van der Waals surface area (Å²) >= 11 is 5.92. The SMILES string of the molecule is CC(C)(C)OC(=O)N1CCN(c2cc(CCl)nc3ncnn23)CC1. The molecule has 2 aromatic rings. The van der Waals surface area contributed by atoms with Gasteiger partial charge in [-0.15, -0.1) is 11.6 Å². The van der Waals surface area contributed by atoms with Gasteiger partial charge in [-0.3, -0.25) is 0 Å². The van der Waals surface area contributed by atoms with Gasteiger partial charge in [0.1, 0.15) is 17.7 Å². The molecule has 24 heavy (non-hydrogen) atoms. The molecule has 1 amide bonds. The molecule has 1 saturated heterocycles. The predicted molar refractivity (Wildman–Crippen MR) is 90.4 cm³/mol. The first-order valence-corrected chi connectivity index (χ1v) is 8.39. The number of carbonyl (C=O) groups excluding carboxylic acids is 1. The van der Waals surface area contributed by atoms with Crippen molar-refractivity contribution in [3.8, 4) is 0 Å². The molecule has 0 bridgehead atoms. The number of carbonyl (C=O) groups is 1. The van der Waals surface area contributed by atoms with Crippen LogP contribution in [0.5, 0.6) is 0 Å². The van der Waals surface area contributed by atoms with Gasteiger partial charge in [0, 0.05) is 32.2 Å². The quantitative estimate of drug-likeness (QED) is 0.769. The van der Waals surface area contributed by atoms with E-state index in [1.54, 1.807) is 9.42 Å². The van der Waals surface area contributed by atoms with Crippen LogP contribution in [0.2, 0.25) is 0 Å².